The summed E-state index contributed by atoms with van der Waals surface area (Å²) in [5, 5.41) is 0. The molecule has 4 atom stereocenters. The van der Waals surface area contributed by atoms with Gasteiger partial charge < -0.3 is 10.6 Å². The van der Waals surface area contributed by atoms with Gasteiger partial charge in [0.1, 0.15) is 0 Å². The molecule has 3 nitrogen and oxygen atoms in total. The van der Waals surface area contributed by atoms with Crippen molar-refractivity contribution in [1.29, 1.82) is 0 Å². The first kappa shape index (κ1) is 13.9. The van der Waals surface area contributed by atoms with Gasteiger partial charge in [0.05, 0.1) is 0 Å². The van der Waals surface area contributed by atoms with E-state index in [1.165, 1.54) is 6.42 Å². The molecule has 0 radical (unpaired) electrons. The normalized spacial score (nSPS) is 38.4. The number of rotatable bonds is 1. The quantitative estimate of drug-likeness (QED) is 0.741. The third kappa shape index (κ3) is 2.43. The van der Waals surface area contributed by atoms with Gasteiger partial charge in [-0.15, -0.1) is 12.4 Å². The molecule has 0 aromatic heterocycles. The molecule has 2 fully saturated rings. The van der Waals surface area contributed by atoms with Gasteiger partial charge in [0, 0.05) is 25.0 Å². The summed E-state index contributed by atoms with van der Waals surface area (Å²) in [5.74, 6) is 1.90. The second-order valence-electron chi connectivity index (χ2n) is 5.89. The molecule has 4 unspecified atom stereocenters. The molecule has 0 spiro atoms. The van der Waals surface area contributed by atoms with Gasteiger partial charge in [-0.1, -0.05) is 12.2 Å². The number of hydrogen-bond donors (Lipinski definition) is 1. The van der Waals surface area contributed by atoms with E-state index in [1.807, 2.05) is 0 Å². The highest BCUT2D eigenvalue weighted by Crippen LogP contribution is 2.38. The number of hydrogen-bond acceptors (Lipinski definition) is 2. The predicted molar refractivity (Wildman–Crippen MR) is 74.5 cm³/mol. The van der Waals surface area contributed by atoms with Crippen molar-refractivity contribution < 1.29 is 4.79 Å². The second-order valence-corrected chi connectivity index (χ2v) is 5.89. The first-order valence-corrected chi connectivity index (χ1v) is 6.95. The van der Waals surface area contributed by atoms with Crippen molar-refractivity contribution in [3.05, 3.63) is 12.2 Å². The molecule has 4 heteroatoms. The molecule has 1 saturated heterocycles. The highest BCUT2D eigenvalue weighted by molar-refractivity contribution is 5.85. The summed E-state index contributed by atoms with van der Waals surface area (Å²) in [6, 6.07) is 0.337. The van der Waals surface area contributed by atoms with E-state index in [0.29, 0.717) is 23.8 Å². The third-order valence-corrected chi connectivity index (χ3v) is 4.84. The van der Waals surface area contributed by atoms with Crippen molar-refractivity contribution in [2.75, 3.05) is 13.1 Å². The van der Waals surface area contributed by atoms with Crippen molar-refractivity contribution in [3.8, 4) is 0 Å². The molecule has 18 heavy (non-hydrogen) atoms. The Morgan fingerprint density at radius 1 is 1.17 bits per heavy atom. The smallest absolute Gasteiger partial charge is 0.226 e. The zero-order chi connectivity index (χ0) is 11.8. The zero-order valence-electron chi connectivity index (χ0n) is 10.8. The van der Waals surface area contributed by atoms with Crippen LogP contribution in [0.5, 0.6) is 0 Å². The lowest BCUT2D eigenvalue weighted by molar-refractivity contribution is -0.135. The Morgan fingerprint density at radius 3 is 2.67 bits per heavy atom. The topological polar surface area (TPSA) is 46.3 Å². The van der Waals surface area contributed by atoms with E-state index in [1.54, 1.807) is 0 Å². The average molecular weight is 271 g/mol. The maximum Gasteiger partial charge on any atom is 0.226 e. The molecular weight excluding hydrogens is 248 g/mol. The highest BCUT2D eigenvalue weighted by Gasteiger charge is 2.43. The van der Waals surface area contributed by atoms with Crippen molar-refractivity contribution >= 4 is 18.3 Å². The van der Waals surface area contributed by atoms with Crippen LogP contribution in [0.15, 0.2) is 12.2 Å². The Hall–Kier alpha value is -0.540. The van der Waals surface area contributed by atoms with Crippen LogP contribution in [0.4, 0.5) is 0 Å². The molecule has 0 aromatic rings. The minimum atomic E-state index is 0. The molecule has 1 saturated carbocycles. The summed E-state index contributed by atoms with van der Waals surface area (Å²) in [7, 11) is 0. The maximum absolute atomic E-state index is 12.4. The second kappa shape index (κ2) is 5.62. The zero-order valence-corrected chi connectivity index (χ0v) is 11.6. The highest BCUT2D eigenvalue weighted by atomic mass is 35.5. The Bertz CT molecular complexity index is 345. The minimum Gasteiger partial charge on any atom is -0.342 e. The summed E-state index contributed by atoms with van der Waals surface area (Å²) < 4.78 is 0. The molecule has 3 aliphatic rings. The van der Waals surface area contributed by atoms with Crippen molar-refractivity contribution in [2.45, 2.75) is 38.1 Å². The number of nitrogens with two attached hydrogens (primary N) is 1. The van der Waals surface area contributed by atoms with Crippen LogP contribution in [-0.2, 0) is 4.79 Å². The number of nitrogens with zero attached hydrogens (tertiary/aromatic N) is 1. The van der Waals surface area contributed by atoms with Gasteiger partial charge in [-0.25, -0.2) is 0 Å². The van der Waals surface area contributed by atoms with E-state index in [9.17, 15) is 4.79 Å². The third-order valence-electron chi connectivity index (χ3n) is 4.84. The molecule has 1 aliphatic heterocycles. The summed E-state index contributed by atoms with van der Waals surface area (Å²) in [5.41, 5.74) is 6.11. The van der Waals surface area contributed by atoms with Gasteiger partial charge in [0.2, 0.25) is 5.91 Å². The molecule has 0 bridgehead atoms. The van der Waals surface area contributed by atoms with Crippen LogP contribution >= 0.6 is 12.4 Å². The van der Waals surface area contributed by atoms with Crippen molar-refractivity contribution in [3.63, 3.8) is 0 Å². The first-order valence-electron chi connectivity index (χ1n) is 6.95. The van der Waals surface area contributed by atoms with Gasteiger partial charge in [0.15, 0.2) is 0 Å². The Kier molecular flexibility index (Phi) is 4.33. The van der Waals surface area contributed by atoms with Crippen LogP contribution in [0.3, 0.4) is 0 Å². The Morgan fingerprint density at radius 2 is 2.00 bits per heavy atom. The summed E-state index contributed by atoms with van der Waals surface area (Å²) in [6.45, 7) is 1.89. The van der Waals surface area contributed by atoms with E-state index >= 15 is 0 Å². The van der Waals surface area contributed by atoms with Gasteiger partial charge in [-0.2, -0.15) is 0 Å². The molecule has 2 N–H and O–H groups in total. The van der Waals surface area contributed by atoms with Gasteiger partial charge >= 0.3 is 0 Å². The number of allylic oxidation sites excluding steroid dienone is 2. The van der Waals surface area contributed by atoms with Crippen molar-refractivity contribution in [2.24, 2.45) is 23.5 Å². The van der Waals surface area contributed by atoms with E-state index in [0.717, 1.165) is 38.8 Å². The molecule has 2 aliphatic carbocycles. The van der Waals surface area contributed by atoms with Crippen LogP contribution in [0.2, 0.25) is 0 Å². The van der Waals surface area contributed by atoms with Crippen LogP contribution in [0.1, 0.15) is 32.1 Å². The van der Waals surface area contributed by atoms with Gasteiger partial charge in [-0.05, 0) is 43.9 Å². The minimum absolute atomic E-state index is 0. The van der Waals surface area contributed by atoms with Crippen LogP contribution in [0, 0.1) is 17.8 Å². The molecule has 102 valence electrons. The van der Waals surface area contributed by atoms with E-state index in [-0.39, 0.29) is 18.3 Å². The summed E-state index contributed by atoms with van der Waals surface area (Å²) in [4.78, 5) is 14.5. The van der Waals surface area contributed by atoms with E-state index in [2.05, 4.69) is 17.1 Å². The van der Waals surface area contributed by atoms with Crippen LogP contribution in [-0.4, -0.2) is 29.9 Å². The fourth-order valence-corrected chi connectivity index (χ4v) is 3.76. The molecule has 1 amide bonds. The van der Waals surface area contributed by atoms with Crippen molar-refractivity contribution in [1.82, 2.24) is 4.90 Å². The molecular formula is C14H23ClN2O. The standard InChI is InChI=1S/C14H22N2O.ClH/c15-13-7-6-11-8-16(9-12(11)13)14(17)10-4-2-1-3-5-10;/h1-2,10-13H,3-9,15H2;1H. The number of likely N-dealkylation sites (tertiary alicyclic amines) is 1. The number of carbonyl (C=O) groups excluding carboxylic acids is 1. The van der Waals surface area contributed by atoms with Gasteiger partial charge in [-0.3, -0.25) is 4.79 Å². The van der Waals surface area contributed by atoms with E-state index in [4.69, 9.17) is 5.73 Å². The summed E-state index contributed by atoms with van der Waals surface area (Å²) >= 11 is 0. The lowest BCUT2D eigenvalue weighted by atomic mass is 9.93. The Labute approximate surface area is 115 Å². The average Bonchev–Trinajstić information content (AvgIpc) is 2.92. The largest absolute Gasteiger partial charge is 0.342 e. The number of amides is 1. The Balaban J connectivity index is 0.00000120. The molecule has 3 rings (SSSR count). The molecule has 0 aromatic carbocycles. The van der Waals surface area contributed by atoms with Gasteiger partial charge in [0.25, 0.3) is 0 Å². The monoisotopic (exact) mass is 270 g/mol. The predicted octanol–water partition coefficient (Wildman–Crippen LogP) is 1.96. The lowest BCUT2D eigenvalue weighted by Crippen LogP contribution is -2.37. The molecule has 1 heterocycles. The number of halogens is 1. The fraction of sp³-hybridized carbons (Fsp3) is 0.786. The lowest BCUT2D eigenvalue weighted by Gasteiger charge is -2.25. The number of carbonyl (C=O) groups is 1. The first-order chi connectivity index (χ1) is 8.25. The van der Waals surface area contributed by atoms with Crippen LogP contribution < -0.4 is 5.73 Å². The van der Waals surface area contributed by atoms with Crippen LogP contribution in [0.25, 0.3) is 0 Å². The number of fused-ring (bicyclic) bond motifs is 1. The van der Waals surface area contributed by atoms with E-state index < -0.39 is 0 Å². The maximum atomic E-state index is 12.4. The fourth-order valence-electron chi connectivity index (χ4n) is 3.76. The summed E-state index contributed by atoms with van der Waals surface area (Å²) in [6.07, 6.45) is 9.78. The SMILES string of the molecule is Cl.NC1CCC2CN(C(=O)C3CC=CCC3)CC12.